The van der Waals surface area contributed by atoms with Crippen molar-refractivity contribution in [2.75, 3.05) is 13.2 Å². The molecule has 3 aromatic carbocycles. The Hall–Kier alpha value is -3.38. The van der Waals surface area contributed by atoms with Crippen LogP contribution in [-0.4, -0.2) is 24.2 Å². The highest BCUT2D eigenvalue weighted by molar-refractivity contribution is 7.80. The average molecular weight is 421 g/mol. The highest BCUT2D eigenvalue weighted by Crippen LogP contribution is 2.14. The van der Waals surface area contributed by atoms with Crippen molar-refractivity contribution < 1.29 is 14.3 Å². The summed E-state index contributed by atoms with van der Waals surface area (Å²) in [6.07, 6.45) is 0. The molecule has 0 aliphatic heterocycles. The van der Waals surface area contributed by atoms with Gasteiger partial charge < -0.3 is 14.8 Å². The van der Waals surface area contributed by atoms with Crippen LogP contribution >= 0.6 is 12.2 Å². The fraction of sp³-hybridized carbons (Fsp3) is 0.167. The Balaban J connectivity index is 1.42. The zero-order valence-electron chi connectivity index (χ0n) is 16.7. The molecule has 1 amide bonds. The Morgan fingerprint density at radius 1 is 0.833 bits per heavy atom. The standard InChI is InChI=1S/C24H24N2O3S/c1-18(19-8-4-2-5-9-19)25-24(30)26-23(27)20-12-14-22(15-13-20)29-17-16-28-21-10-6-3-7-11-21/h2-15,18H,16-17H2,1H3,(H2,25,26,27,30). The Kier molecular flexibility index (Phi) is 7.80. The van der Waals surface area contributed by atoms with Gasteiger partial charge in [-0.2, -0.15) is 0 Å². The monoisotopic (exact) mass is 420 g/mol. The topological polar surface area (TPSA) is 59.6 Å². The van der Waals surface area contributed by atoms with E-state index in [1.165, 1.54) is 0 Å². The molecule has 0 saturated carbocycles. The van der Waals surface area contributed by atoms with Gasteiger partial charge in [-0.25, -0.2) is 0 Å². The van der Waals surface area contributed by atoms with Gasteiger partial charge in [0.25, 0.3) is 5.91 Å². The summed E-state index contributed by atoms with van der Waals surface area (Å²) >= 11 is 5.26. The number of rotatable bonds is 8. The van der Waals surface area contributed by atoms with Gasteiger partial charge in [0.1, 0.15) is 24.7 Å². The summed E-state index contributed by atoms with van der Waals surface area (Å²) in [7, 11) is 0. The van der Waals surface area contributed by atoms with Crippen LogP contribution in [0, 0.1) is 0 Å². The van der Waals surface area contributed by atoms with E-state index in [2.05, 4.69) is 10.6 Å². The van der Waals surface area contributed by atoms with E-state index in [1.54, 1.807) is 24.3 Å². The van der Waals surface area contributed by atoms with Crippen molar-refractivity contribution >= 4 is 23.2 Å². The van der Waals surface area contributed by atoms with Crippen LogP contribution in [0.15, 0.2) is 84.9 Å². The lowest BCUT2D eigenvalue weighted by molar-refractivity contribution is 0.0976. The maximum atomic E-state index is 12.4. The highest BCUT2D eigenvalue weighted by Gasteiger charge is 2.11. The van der Waals surface area contributed by atoms with Crippen LogP contribution in [0.25, 0.3) is 0 Å². The van der Waals surface area contributed by atoms with Gasteiger partial charge >= 0.3 is 0 Å². The van der Waals surface area contributed by atoms with Gasteiger partial charge in [0, 0.05) is 5.56 Å². The molecular formula is C24H24N2O3S. The number of amides is 1. The molecule has 0 fully saturated rings. The van der Waals surface area contributed by atoms with Gasteiger partial charge in [-0.3, -0.25) is 10.1 Å². The first-order valence-electron chi connectivity index (χ1n) is 9.69. The van der Waals surface area contributed by atoms with Gasteiger partial charge in [-0.1, -0.05) is 48.5 Å². The molecule has 0 aliphatic rings. The van der Waals surface area contributed by atoms with Crippen LogP contribution < -0.4 is 20.1 Å². The van der Waals surface area contributed by atoms with Gasteiger partial charge in [-0.15, -0.1) is 0 Å². The number of carbonyl (C=O) groups is 1. The van der Waals surface area contributed by atoms with Crippen molar-refractivity contribution in [2.45, 2.75) is 13.0 Å². The molecule has 5 nitrogen and oxygen atoms in total. The third-order valence-corrected chi connectivity index (χ3v) is 4.57. The van der Waals surface area contributed by atoms with Crippen LogP contribution in [0.4, 0.5) is 0 Å². The molecule has 0 heterocycles. The van der Waals surface area contributed by atoms with E-state index < -0.39 is 0 Å². The molecule has 30 heavy (non-hydrogen) atoms. The van der Waals surface area contributed by atoms with Crippen molar-refractivity contribution in [1.82, 2.24) is 10.6 Å². The van der Waals surface area contributed by atoms with E-state index in [-0.39, 0.29) is 17.1 Å². The molecule has 0 bridgehead atoms. The third kappa shape index (κ3) is 6.60. The molecule has 3 aromatic rings. The molecule has 0 aromatic heterocycles. The fourth-order valence-electron chi connectivity index (χ4n) is 2.77. The molecule has 2 N–H and O–H groups in total. The van der Waals surface area contributed by atoms with Crippen LogP contribution in [0.2, 0.25) is 0 Å². The van der Waals surface area contributed by atoms with Crippen molar-refractivity contribution in [3.8, 4) is 11.5 Å². The minimum Gasteiger partial charge on any atom is -0.490 e. The second-order valence-electron chi connectivity index (χ2n) is 6.59. The molecule has 3 rings (SSSR count). The van der Waals surface area contributed by atoms with Gasteiger partial charge in [0.2, 0.25) is 0 Å². The summed E-state index contributed by atoms with van der Waals surface area (Å²) < 4.78 is 11.2. The Bertz CT molecular complexity index is 947. The molecule has 0 saturated heterocycles. The lowest BCUT2D eigenvalue weighted by Crippen LogP contribution is -2.40. The molecule has 154 valence electrons. The fourth-order valence-corrected chi connectivity index (χ4v) is 3.04. The van der Waals surface area contributed by atoms with Crippen molar-refractivity contribution in [3.63, 3.8) is 0 Å². The Morgan fingerprint density at radius 3 is 1.97 bits per heavy atom. The van der Waals surface area contributed by atoms with Crippen LogP contribution in [0.5, 0.6) is 11.5 Å². The zero-order valence-corrected chi connectivity index (χ0v) is 17.5. The molecule has 1 unspecified atom stereocenters. The summed E-state index contributed by atoms with van der Waals surface area (Å²) in [5.41, 5.74) is 1.59. The number of carbonyl (C=O) groups excluding carboxylic acids is 1. The summed E-state index contributed by atoms with van der Waals surface area (Å²) in [6, 6.07) is 26.4. The van der Waals surface area contributed by atoms with Crippen molar-refractivity contribution in [3.05, 3.63) is 96.1 Å². The number of benzene rings is 3. The highest BCUT2D eigenvalue weighted by atomic mass is 32.1. The number of hydrogen-bond acceptors (Lipinski definition) is 4. The van der Waals surface area contributed by atoms with E-state index in [0.29, 0.717) is 24.5 Å². The van der Waals surface area contributed by atoms with E-state index >= 15 is 0 Å². The second-order valence-corrected chi connectivity index (χ2v) is 7.00. The zero-order chi connectivity index (χ0) is 21.2. The largest absolute Gasteiger partial charge is 0.490 e. The van der Waals surface area contributed by atoms with Crippen LogP contribution in [0.1, 0.15) is 28.9 Å². The molecule has 6 heteroatoms. The first-order chi connectivity index (χ1) is 14.6. The lowest BCUT2D eigenvalue weighted by atomic mass is 10.1. The van der Waals surface area contributed by atoms with Crippen LogP contribution in [-0.2, 0) is 0 Å². The Morgan fingerprint density at radius 2 is 1.37 bits per heavy atom. The molecule has 1 atom stereocenters. The number of ether oxygens (including phenoxy) is 2. The van der Waals surface area contributed by atoms with Crippen LogP contribution in [0.3, 0.4) is 0 Å². The number of thiocarbonyl (C=S) groups is 1. The predicted octanol–water partition coefficient (Wildman–Crippen LogP) is 4.51. The molecule has 0 radical (unpaired) electrons. The SMILES string of the molecule is CC(NC(=S)NC(=O)c1ccc(OCCOc2ccccc2)cc1)c1ccccc1. The molecule has 0 aliphatic carbocycles. The van der Waals surface area contributed by atoms with E-state index in [9.17, 15) is 4.79 Å². The first-order valence-corrected chi connectivity index (χ1v) is 10.1. The maximum absolute atomic E-state index is 12.4. The molecule has 0 spiro atoms. The predicted molar refractivity (Wildman–Crippen MR) is 122 cm³/mol. The van der Waals surface area contributed by atoms with E-state index in [0.717, 1.165) is 11.3 Å². The first kappa shape index (κ1) is 21.3. The van der Waals surface area contributed by atoms with Gasteiger partial charge in [-0.05, 0) is 61.1 Å². The minimum absolute atomic E-state index is 0.00659. The lowest BCUT2D eigenvalue weighted by Gasteiger charge is -2.16. The molecular weight excluding hydrogens is 396 g/mol. The summed E-state index contributed by atoms with van der Waals surface area (Å²) in [5.74, 6) is 1.20. The van der Waals surface area contributed by atoms with E-state index in [4.69, 9.17) is 21.7 Å². The van der Waals surface area contributed by atoms with Crippen molar-refractivity contribution in [1.29, 1.82) is 0 Å². The van der Waals surface area contributed by atoms with E-state index in [1.807, 2.05) is 67.6 Å². The quantitative estimate of drug-likeness (QED) is 0.415. The average Bonchev–Trinajstić information content (AvgIpc) is 2.78. The maximum Gasteiger partial charge on any atom is 0.257 e. The van der Waals surface area contributed by atoms with Gasteiger partial charge in [0.05, 0.1) is 6.04 Å². The number of nitrogens with one attached hydrogen (secondary N) is 2. The third-order valence-electron chi connectivity index (χ3n) is 4.35. The normalized spacial score (nSPS) is 11.2. The van der Waals surface area contributed by atoms with Crippen molar-refractivity contribution in [2.24, 2.45) is 0 Å². The minimum atomic E-state index is -0.272. The summed E-state index contributed by atoms with van der Waals surface area (Å²) in [4.78, 5) is 12.4. The summed E-state index contributed by atoms with van der Waals surface area (Å²) in [5, 5.41) is 6.11. The number of para-hydroxylation sites is 1. The summed E-state index contributed by atoms with van der Waals surface area (Å²) in [6.45, 7) is 2.83. The number of hydrogen-bond donors (Lipinski definition) is 2. The Labute approximate surface area is 182 Å². The van der Waals surface area contributed by atoms with Gasteiger partial charge in [0.15, 0.2) is 5.11 Å². The smallest absolute Gasteiger partial charge is 0.257 e. The second kappa shape index (κ2) is 11.0.